The largest absolute Gasteiger partial charge is 0.441 e. The maximum atomic E-state index is 12.4. The van der Waals surface area contributed by atoms with Crippen molar-refractivity contribution in [1.82, 2.24) is 19.9 Å². The zero-order valence-electron chi connectivity index (χ0n) is 12.1. The zero-order valence-corrected chi connectivity index (χ0v) is 12.9. The number of nitrogen functional groups attached to an aromatic ring is 1. The first-order valence-electron chi connectivity index (χ1n) is 7.10. The number of hydrogen-bond donors (Lipinski definition) is 1. The number of carbonyl (C=O) groups excluding carboxylic acids is 1. The van der Waals surface area contributed by atoms with Gasteiger partial charge in [0.25, 0.3) is 5.91 Å². The van der Waals surface area contributed by atoms with Crippen LogP contribution in [0.3, 0.4) is 0 Å². The smallest absolute Gasteiger partial charge is 0.273 e. The van der Waals surface area contributed by atoms with Gasteiger partial charge in [0.05, 0.1) is 12.1 Å². The first kappa shape index (κ1) is 13.9. The zero-order chi connectivity index (χ0) is 15.8. The van der Waals surface area contributed by atoms with E-state index in [1.54, 1.807) is 22.7 Å². The summed E-state index contributed by atoms with van der Waals surface area (Å²) in [6, 6.07) is 3.73. The third-order valence-corrected chi connectivity index (χ3v) is 4.34. The fraction of sp³-hybridized carbons (Fsp3) is 0.200. The second kappa shape index (κ2) is 5.47. The molecule has 1 aliphatic heterocycles. The lowest BCUT2D eigenvalue weighted by molar-refractivity contribution is 0.0723. The van der Waals surface area contributed by atoms with E-state index in [9.17, 15) is 4.79 Å². The van der Waals surface area contributed by atoms with Gasteiger partial charge >= 0.3 is 0 Å². The van der Waals surface area contributed by atoms with E-state index >= 15 is 0 Å². The van der Waals surface area contributed by atoms with Crippen molar-refractivity contribution < 1.29 is 9.21 Å². The molecule has 8 heteroatoms. The van der Waals surface area contributed by atoms with Crippen molar-refractivity contribution in [2.45, 2.75) is 13.0 Å². The quantitative estimate of drug-likeness (QED) is 0.773. The van der Waals surface area contributed by atoms with Crippen molar-refractivity contribution in [3.63, 3.8) is 0 Å². The second-order valence-electron chi connectivity index (χ2n) is 5.18. The van der Waals surface area contributed by atoms with E-state index in [-0.39, 0.29) is 5.91 Å². The molecular formula is C15H13N5O2S. The Bertz CT molecular complexity index is 858. The predicted molar refractivity (Wildman–Crippen MR) is 84.7 cm³/mol. The van der Waals surface area contributed by atoms with Crippen LogP contribution in [0.5, 0.6) is 0 Å². The van der Waals surface area contributed by atoms with Gasteiger partial charge in [0.1, 0.15) is 17.1 Å². The maximum absolute atomic E-state index is 12.4. The number of fused-ring (bicyclic) bond motifs is 1. The van der Waals surface area contributed by atoms with Crippen molar-refractivity contribution in [2.75, 3.05) is 12.3 Å². The highest BCUT2D eigenvalue weighted by Crippen LogP contribution is 2.26. The summed E-state index contributed by atoms with van der Waals surface area (Å²) in [6.45, 7) is 0.986. The SMILES string of the molecule is Nc1nc(C(=O)N2CCc3oc(-c4cccnc4)nc3C2)cs1. The molecule has 0 radical (unpaired) electrons. The lowest BCUT2D eigenvalue weighted by Crippen LogP contribution is -2.36. The number of nitrogens with zero attached hydrogens (tertiary/aromatic N) is 4. The molecule has 0 aromatic carbocycles. The normalized spacial score (nSPS) is 13.8. The molecular weight excluding hydrogens is 314 g/mol. The Hall–Kier alpha value is -2.74. The number of hydrogen-bond acceptors (Lipinski definition) is 7. The highest BCUT2D eigenvalue weighted by atomic mass is 32.1. The summed E-state index contributed by atoms with van der Waals surface area (Å²) in [4.78, 5) is 26.8. The Kier molecular flexibility index (Phi) is 3.30. The Morgan fingerprint density at radius 3 is 3.04 bits per heavy atom. The number of carbonyl (C=O) groups is 1. The molecule has 1 amide bonds. The molecule has 0 saturated heterocycles. The van der Waals surface area contributed by atoms with E-state index in [0.29, 0.717) is 36.2 Å². The van der Waals surface area contributed by atoms with Gasteiger partial charge in [-0.2, -0.15) is 0 Å². The molecule has 2 N–H and O–H groups in total. The molecule has 0 spiro atoms. The number of oxazole rings is 1. The lowest BCUT2D eigenvalue weighted by atomic mass is 10.1. The van der Waals surface area contributed by atoms with E-state index in [1.165, 1.54) is 11.3 Å². The van der Waals surface area contributed by atoms with Gasteiger partial charge in [-0.3, -0.25) is 9.78 Å². The molecule has 0 unspecified atom stereocenters. The van der Waals surface area contributed by atoms with E-state index < -0.39 is 0 Å². The lowest BCUT2D eigenvalue weighted by Gasteiger charge is -2.24. The second-order valence-corrected chi connectivity index (χ2v) is 6.07. The maximum Gasteiger partial charge on any atom is 0.273 e. The van der Waals surface area contributed by atoms with E-state index in [1.807, 2.05) is 12.1 Å². The molecule has 0 bridgehead atoms. The predicted octanol–water partition coefficient (Wildman–Crippen LogP) is 1.97. The summed E-state index contributed by atoms with van der Waals surface area (Å²) in [5.74, 6) is 1.23. The number of pyridine rings is 1. The Morgan fingerprint density at radius 2 is 2.30 bits per heavy atom. The molecule has 116 valence electrons. The van der Waals surface area contributed by atoms with Gasteiger partial charge in [0.15, 0.2) is 5.13 Å². The minimum Gasteiger partial charge on any atom is -0.441 e. The number of nitrogens with two attached hydrogens (primary N) is 1. The van der Waals surface area contributed by atoms with Gasteiger partial charge in [-0.15, -0.1) is 11.3 Å². The van der Waals surface area contributed by atoms with E-state index in [0.717, 1.165) is 17.0 Å². The molecule has 1 aliphatic rings. The Morgan fingerprint density at radius 1 is 1.39 bits per heavy atom. The van der Waals surface area contributed by atoms with Crippen LogP contribution in [0.1, 0.15) is 21.9 Å². The van der Waals surface area contributed by atoms with Crippen LogP contribution in [0.25, 0.3) is 11.5 Å². The monoisotopic (exact) mass is 327 g/mol. The van der Waals surface area contributed by atoms with Crippen LogP contribution in [0.4, 0.5) is 5.13 Å². The van der Waals surface area contributed by atoms with Crippen molar-refractivity contribution in [2.24, 2.45) is 0 Å². The first-order chi connectivity index (χ1) is 11.2. The first-order valence-corrected chi connectivity index (χ1v) is 7.98. The van der Waals surface area contributed by atoms with Crippen LogP contribution in [-0.4, -0.2) is 32.3 Å². The highest BCUT2D eigenvalue weighted by molar-refractivity contribution is 7.13. The summed E-state index contributed by atoms with van der Waals surface area (Å²) in [5.41, 5.74) is 7.58. The molecule has 3 aromatic rings. The van der Waals surface area contributed by atoms with Crippen molar-refractivity contribution in [3.05, 3.63) is 47.1 Å². The average Bonchev–Trinajstić information content (AvgIpc) is 3.20. The molecule has 0 saturated carbocycles. The molecule has 3 aromatic heterocycles. The van der Waals surface area contributed by atoms with Gasteiger partial charge in [-0.25, -0.2) is 9.97 Å². The topological polar surface area (TPSA) is 98.1 Å². The van der Waals surface area contributed by atoms with Crippen LogP contribution >= 0.6 is 11.3 Å². The fourth-order valence-electron chi connectivity index (χ4n) is 2.53. The van der Waals surface area contributed by atoms with Crippen LogP contribution in [-0.2, 0) is 13.0 Å². The number of aromatic nitrogens is 3. The Labute approximate surface area is 135 Å². The van der Waals surface area contributed by atoms with Crippen molar-refractivity contribution in [3.8, 4) is 11.5 Å². The minimum absolute atomic E-state index is 0.130. The summed E-state index contributed by atoms with van der Waals surface area (Å²) in [7, 11) is 0. The third kappa shape index (κ3) is 2.57. The van der Waals surface area contributed by atoms with E-state index in [2.05, 4.69) is 15.0 Å². The average molecular weight is 327 g/mol. The molecule has 7 nitrogen and oxygen atoms in total. The van der Waals surface area contributed by atoms with Crippen molar-refractivity contribution in [1.29, 1.82) is 0 Å². The standard InChI is InChI=1S/C15H13N5O2S/c16-15-19-11(8-23-15)14(21)20-5-3-12-10(7-20)18-13(22-12)9-2-1-4-17-6-9/h1-2,4,6,8H,3,5,7H2,(H2,16,19). The molecule has 0 aliphatic carbocycles. The number of amides is 1. The van der Waals surface area contributed by atoms with Gasteiger partial charge in [0.2, 0.25) is 5.89 Å². The molecule has 4 rings (SSSR count). The molecule has 4 heterocycles. The van der Waals surface area contributed by atoms with Gasteiger partial charge < -0.3 is 15.1 Å². The van der Waals surface area contributed by atoms with Crippen LogP contribution in [0.15, 0.2) is 34.3 Å². The fourth-order valence-corrected chi connectivity index (χ4v) is 3.07. The van der Waals surface area contributed by atoms with Crippen LogP contribution < -0.4 is 5.73 Å². The number of thiazole rings is 1. The van der Waals surface area contributed by atoms with Crippen LogP contribution in [0, 0.1) is 0 Å². The number of anilines is 1. The molecule has 0 fully saturated rings. The summed E-state index contributed by atoms with van der Waals surface area (Å²) < 4.78 is 5.81. The third-order valence-electron chi connectivity index (χ3n) is 3.66. The van der Waals surface area contributed by atoms with Crippen LogP contribution in [0.2, 0.25) is 0 Å². The number of rotatable bonds is 2. The van der Waals surface area contributed by atoms with E-state index in [4.69, 9.17) is 10.2 Å². The molecule has 23 heavy (non-hydrogen) atoms. The minimum atomic E-state index is -0.130. The van der Waals surface area contributed by atoms with Gasteiger partial charge in [0, 0.05) is 30.7 Å². The summed E-state index contributed by atoms with van der Waals surface area (Å²) >= 11 is 1.26. The summed E-state index contributed by atoms with van der Waals surface area (Å²) in [5, 5.41) is 2.07. The van der Waals surface area contributed by atoms with Crippen molar-refractivity contribution >= 4 is 22.4 Å². The highest BCUT2D eigenvalue weighted by Gasteiger charge is 2.27. The molecule has 0 atom stereocenters. The summed E-state index contributed by atoms with van der Waals surface area (Å²) in [6.07, 6.45) is 4.04. The van der Waals surface area contributed by atoms with Gasteiger partial charge in [-0.1, -0.05) is 0 Å². The Balaban J connectivity index is 1.58. The van der Waals surface area contributed by atoms with Gasteiger partial charge in [-0.05, 0) is 12.1 Å².